The quantitative estimate of drug-likeness (QED) is 0.706. The first-order valence-electron chi connectivity index (χ1n) is 6.59. The maximum Gasteiger partial charge on any atom is 0.241 e. The van der Waals surface area contributed by atoms with E-state index in [0.29, 0.717) is 30.5 Å². The molecule has 22 heavy (non-hydrogen) atoms. The molecule has 3 N–H and O–H groups in total. The van der Waals surface area contributed by atoms with Gasteiger partial charge >= 0.3 is 0 Å². The van der Waals surface area contributed by atoms with Gasteiger partial charge in [0.15, 0.2) is 0 Å². The van der Waals surface area contributed by atoms with E-state index < -0.39 is 21.3 Å². The van der Waals surface area contributed by atoms with Crippen molar-refractivity contribution >= 4 is 47.8 Å². The van der Waals surface area contributed by atoms with Gasteiger partial charge in [0.25, 0.3) is 0 Å². The van der Waals surface area contributed by atoms with E-state index in [4.69, 9.17) is 10.5 Å². The van der Waals surface area contributed by atoms with Crippen LogP contribution < -0.4 is 10.5 Å². The van der Waals surface area contributed by atoms with Crippen LogP contribution in [0.4, 0.5) is 0 Å². The van der Waals surface area contributed by atoms with E-state index in [0.717, 1.165) is 4.47 Å². The van der Waals surface area contributed by atoms with E-state index in [1.807, 2.05) is 0 Å². The first kappa shape index (κ1) is 17.9. The first-order chi connectivity index (χ1) is 10.3. The molecule has 0 spiro atoms. The molecule has 0 radical (unpaired) electrons. The first-order valence-corrected chi connectivity index (χ1v) is 9.66. The number of hydrogen-bond donors (Lipinski definition) is 2. The van der Waals surface area contributed by atoms with Gasteiger partial charge in [-0.15, -0.1) is 0 Å². The molecule has 122 valence electrons. The molecule has 1 saturated heterocycles. The second kappa shape index (κ2) is 6.96. The third-order valence-corrected chi connectivity index (χ3v) is 6.63. The molecule has 0 atom stereocenters. The van der Waals surface area contributed by atoms with E-state index in [2.05, 4.69) is 36.6 Å². The predicted octanol–water partition coefficient (Wildman–Crippen LogP) is 1.77. The van der Waals surface area contributed by atoms with Crippen LogP contribution in [-0.2, 0) is 19.6 Å². The summed E-state index contributed by atoms with van der Waals surface area (Å²) >= 11 is 6.50. The Balaban J connectivity index is 2.19. The Bertz CT molecular complexity index is 673. The molecule has 0 aromatic heterocycles. The minimum atomic E-state index is -3.75. The number of benzene rings is 1. The van der Waals surface area contributed by atoms with Crippen LogP contribution in [0.3, 0.4) is 0 Å². The SMILES string of the molecule is NC(=O)C1(CNS(=O)(=O)c2ccc(Br)cc2Br)CCOCC1. The number of primary amides is 1. The molecule has 1 aromatic rings. The number of nitrogens with one attached hydrogen (secondary N) is 1. The fraction of sp³-hybridized carbons (Fsp3) is 0.462. The standard InChI is InChI=1S/C13H16Br2N2O4S/c14-9-1-2-11(10(15)7-9)22(19,20)17-8-13(12(16)18)3-5-21-6-4-13/h1-2,7,17H,3-6,8H2,(H2,16,18). The Kier molecular flexibility index (Phi) is 5.65. The molecule has 6 nitrogen and oxygen atoms in total. The van der Waals surface area contributed by atoms with Crippen molar-refractivity contribution in [2.45, 2.75) is 17.7 Å². The molecular formula is C13H16Br2N2O4S. The van der Waals surface area contributed by atoms with Crippen molar-refractivity contribution in [3.63, 3.8) is 0 Å². The topological polar surface area (TPSA) is 98.5 Å². The zero-order valence-corrected chi connectivity index (χ0v) is 15.6. The van der Waals surface area contributed by atoms with E-state index >= 15 is 0 Å². The molecular weight excluding hydrogens is 440 g/mol. The normalized spacial score (nSPS) is 18.1. The van der Waals surface area contributed by atoms with Gasteiger partial charge in [-0.25, -0.2) is 13.1 Å². The van der Waals surface area contributed by atoms with Crippen molar-refractivity contribution in [3.8, 4) is 0 Å². The van der Waals surface area contributed by atoms with E-state index in [1.54, 1.807) is 12.1 Å². The van der Waals surface area contributed by atoms with Gasteiger partial charge in [0.05, 0.1) is 10.3 Å². The summed E-state index contributed by atoms with van der Waals surface area (Å²) in [6.45, 7) is 0.760. The van der Waals surface area contributed by atoms with Gasteiger partial charge in [0.1, 0.15) is 0 Å². The molecule has 1 aliphatic heterocycles. The highest BCUT2D eigenvalue weighted by molar-refractivity contribution is 9.11. The van der Waals surface area contributed by atoms with Crippen molar-refractivity contribution in [2.24, 2.45) is 11.1 Å². The van der Waals surface area contributed by atoms with Crippen LogP contribution in [-0.4, -0.2) is 34.1 Å². The molecule has 1 heterocycles. The second-order valence-electron chi connectivity index (χ2n) is 5.16. The lowest BCUT2D eigenvalue weighted by Crippen LogP contribution is -2.49. The number of halogens is 2. The molecule has 0 bridgehead atoms. The molecule has 0 saturated carbocycles. The third kappa shape index (κ3) is 3.88. The number of sulfonamides is 1. The molecule has 2 rings (SSSR count). The van der Waals surface area contributed by atoms with Gasteiger partial charge in [0.2, 0.25) is 15.9 Å². The van der Waals surface area contributed by atoms with E-state index in [-0.39, 0.29) is 11.4 Å². The van der Waals surface area contributed by atoms with Crippen LogP contribution in [0, 0.1) is 5.41 Å². The molecule has 9 heteroatoms. The summed E-state index contributed by atoms with van der Waals surface area (Å²) in [6, 6.07) is 4.77. The zero-order chi connectivity index (χ0) is 16.4. The molecule has 1 aliphatic rings. The second-order valence-corrected chi connectivity index (χ2v) is 8.66. The zero-order valence-electron chi connectivity index (χ0n) is 11.6. The summed E-state index contributed by atoms with van der Waals surface area (Å²) in [5.74, 6) is -0.506. The number of carbonyl (C=O) groups excluding carboxylic acids is 1. The van der Waals surface area contributed by atoms with Crippen molar-refractivity contribution in [3.05, 3.63) is 27.1 Å². The number of ether oxygens (including phenoxy) is 1. The van der Waals surface area contributed by atoms with E-state index in [9.17, 15) is 13.2 Å². The lowest BCUT2D eigenvalue weighted by Gasteiger charge is -2.34. The highest BCUT2D eigenvalue weighted by atomic mass is 79.9. The molecule has 1 fully saturated rings. The van der Waals surface area contributed by atoms with Crippen LogP contribution in [0.25, 0.3) is 0 Å². The minimum Gasteiger partial charge on any atom is -0.381 e. The van der Waals surface area contributed by atoms with Gasteiger partial charge in [0, 0.05) is 28.7 Å². The lowest BCUT2D eigenvalue weighted by atomic mass is 9.80. The Hall–Kier alpha value is -0.480. The summed E-state index contributed by atoms with van der Waals surface area (Å²) in [4.78, 5) is 11.9. The summed E-state index contributed by atoms with van der Waals surface area (Å²) in [5.41, 5.74) is 4.58. The Morgan fingerprint density at radius 3 is 2.50 bits per heavy atom. The summed E-state index contributed by atoms with van der Waals surface area (Å²) in [5, 5.41) is 0. The van der Waals surface area contributed by atoms with Crippen LogP contribution in [0.2, 0.25) is 0 Å². The van der Waals surface area contributed by atoms with Gasteiger partial charge in [-0.2, -0.15) is 0 Å². The van der Waals surface area contributed by atoms with E-state index in [1.165, 1.54) is 6.07 Å². The fourth-order valence-corrected chi connectivity index (χ4v) is 5.15. The Morgan fingerprint density at radius 2 is 1.95 bits per heavy atom. The maximum atomic E-state index is 12.4. The van der Waals surface area contributed by atoms with Gasteiger partial charge in [-0.1, -0.05) is 15.9 Å². The molecule has 0 unspecified atom stereocenters. The highest BCUT2D eigenvalue weighted by Gasteiger charge is 2.39. The maximum absolute atomic E-state index is 12.4. The smallest absolute Gasteiger partial charge is 0.241 e. The van der Waals surface area contributed by atoms with Crippen molar-refractivity contribution in [1.82, 2.24) is 4.72 Å². The number of nitrogens with two attached hydrogens (primary N) is 1. The third-order valence-electron chi connectivity index (χ3n) is 3.76. The fourth-order valence-electron chi connectivity index (χ4n) is 2.28. The van der Waals surface area contributed by atoms with Gasteiger partial charge < -0.3 is 10.5 Å². The summed E-state index contributed by atoms with van der Waals surface area (Å²) < 4.78 is 33.8. The predicted molar refractivity (Wildman–Crippen MR) is 88.7 cm³/mol. The number of amides is 1. The number of rotatable bonds is 5. The van der Waals surface area contributed by atoms with Crippen molar-refractivity contribution in [2.75, 3.05) is 19.8 Å². The average Bonchev–Trinajstić information content (AvgIpc) is 2.45. The van der Waals surface area contributed by atoms with Crippen LogP contribution in [0.1, 0.15) is 12.8 Å². The number of hydrogen-bond acceptors (Lipinski definition) is 4. The molecule has 1 aromatic carbocycles. The van der Waals surface area contributed by atoms with Crippen molar-refractivity contribution < 1.29 is 17.9 Å². The molecule has 0 aliphatic carbocycles. The Morgan fingerprint density at radius 1 is 1.32 bits per heavy atom. The van der Waals surface area contributed by atoms with Crippen molar-refractivity contribution in [1.29, 1.82) is 0 Å². The molecule has 1 amide bonds. The van der Waals surface area contributed by atoms with Crippen LogP contribution >= 0.6 is 31.9 Å². The van der Waals surface area contributed by atoms with Crippen LogP contribution in [0.5, 0.6) is 0 Å². The van der Waals surface area contributed by atoms with Gasteiger partial charge in [-0.05, 0) is 47.0 Å². The summed E-state index contributed by atoms with van der Waals surface area (Å²) in [6.07, 6.45) is 0.818. The lowest BCUT2D eigenvalue weighted by molar-refractivity contribution is -0.132. The minimum absolute atomic E-state index is 0.0312. The van der Waals surface area contributed by atoms with Crippen LogP contribution in [0.15, 0.2) is 32.0 Å². The Labute approximate surface area is 146 Å². The van der Waals surface area contributed by atoms with Gasteiger partial charge in [-0.3, -0.25) is 4.79 Å². The number of carbonyl (C=O) groups is 1. The average molecular weight is 456 g/mol. The summed E-state index contributed by atoms with van der Waals surface area (Å²) in [7, 11) is -3.75. The largest absolute Gasteiger partial charge is 0.381 e. The monoisotopic (exact) mass is 454 g/mol. The highest BCUT2D eigenvalue weighted by Crippen LogP contribution is 2.31.